The maximum Gasteiger partial charge on any atom is 1.00 e. The molecule has 1 heteroatoms. The molecular formula is C14H15K. The monoisotopic (exact) mass is 222 g/mol. The third kappa shape index (κ3) is 5.09. The van der Waals surface area contributed by atoms with Crippen molar-refractivity contribution in [3.8, 4) is 11.1 Å². The molecule has 0 amide bonds. The fraction of sp³-hybridized carbons (Fsp3) is 0.0714. The Morgan fingerprint density at radius 2 is 0.867 bits per heavy atom. The molecule has 0 bridgehead atoms. The fourth-order valence-corrected chi connectivity index (χ4v) is 1.26. The van der Waals surface area contributed by atoms with Gasteiger partial charge in [-0.3, -0.25) is 0 Å². The first-order valence-corrected chi connectivity index (χ1v) is 4.78. The second kappa shape index (κ2) is 9.31. The average molecular weight is 222 g/mol. The zero-order chi connectivity index (χ0) is 10.2. The van der Waals surface area contributed by atoms with Crippen molar-refractivity contribution in [3.63, 3.8) is 0 Å². The van der Waals surface area contributed by atoms with Crippen molar-refractivity contribution in [1.82, 2.24) is 0 Å². The van der Waals surface area contributed by atoms with Gasteiger partial charge in [0.15, 0.2) is 0 Å². The summed E-state index contributed by atoms with van der Waals surface area (Å²) in [4.78, 5) is 0. The first-order valence-electron chi connectivity index (χ1n) is 4.78. The van der Waals surface area contributed by atoms with E-state index in [2.05, 4.69) is 55.5 Å². The molecule has 2 aromatic carbocycles. The van der Waals surface area contributed by atoms with Crippen molar-refractivity contribution in [2.24, 2.45) is 0 Å². The molecule has 0 heterocycles. The molecular weight excluding hydrogens is 207 g/mol. The summed E-state index contributed by atoms with van der Waals surface area (Å²) in [7, 11) is 0. The Morgan fingerprint density at radius 3 is 1.13 bits per heavy atom. The second-order valence-corrected chi connectivity index (χ2v) is 2.73. The molecule has 0 spiro atoms. The van der Waals surface area contributed by atoms with Gasteiger partial charge in [-0.2, -0.15) is 6.92 Å². The minimum absolute atomic E-state index is 0. The van der Waals surface area contributed by atoms with E-state index in [9.17, 15) is 0 Å². The third-order valence-electron chi connectivity index (χ3n) is 1.88. The van der Waals surface area contributed by atoms with E-state index in [0.717, 1.165) is 0 Å². The van der Waals surface area contributed by atoms with Crippen LogP contribution in [0.5, 0.6) is 0 Å². The number of hydrogen-bond acceptors (Lipinski definition) is 0. The quantitative estimate of drug-likeness (QED) is 0.502. The Balaban J connectivity index is 0.000000617. The van der Waals surface area contributed by atoms with Crippen molar-refractivity contribution in [3.05, 3.63) is 67.6 Å². The zero-order valence-electron chi connectivity index (χ0n) is 9.48. The largest absolute Gasteiger partial charge is 1.00 e. The van der Waals surface area contributed by atoms with Crippen LogP contribution in [0, 0.1) is 6.92 Å². The molecule has 15 heavy (non-hydrogen) atoms. The van der Waals surface area contributed by atoms with Crippen LogP contribution in [0.15, 0.2) is 60.7 Å². The Morgan fingerprint density at radius 1 is 0.600 bits per heavy atom. The van der Waals surface area contributed by atoms with E-state index in [4.69, 9.17) is 0 Å². The molecule has 0 aliphatic carbocycles. The van der Waals surface area contributed by atoms with E-state index in [1.54, 1.807) is 6.92 Å². The summed E-state index contributed by atoms with van der Waals surface area (Å²) in [5.41, 5.74) is 2.55. The Bertz CT molecular complexity index is 303. The van der Waals surface area contributed by atoms with Crippen molar-refractivity contribution >= 4 is 0 Å². The SMILES string of the molecule is [CH2-]C.[K+].c1ccc(-c2ccccc2)cc1. The summed E-state index contributed by atoms with van der Waals surface area (Å²) < 4.78 is 0. The van der Waals surface area contributed by atoms with Crippen LogP contribution in [0.2, 0.25) is 0 Å². The molecule has 0 unspecified atom stereocenters. The third-order valence-corrected chi connectivity index (χ3v) is 1.88. The molecule has 2 rings (SSSR count). The van der Waals surface area contributed by atoms with Gasteiger partial charge in [0, 0.05) is 0 Å². The molecule has 0 nitrogen and oxygen atoms in total. The van der Waals surface area contributed by atoms with Crippen molar-refractivity contribution < 1.29 is 51.4 Å². The van der Waals surface area contributed by atoms with Gasteiger partial charge in [-0.1, -0.05) is 60.7 Å². The minimum atomic E-state index is 0. The summed E-state index contributed by atoms with van der Waals surface area (Å²) in [6, 6.07) is 20.8. The zero-order valence-corrected chi connectivity index (χ0v) is 12.6. The standard InChI is InChI=1S/C12H10.C2H5.K/c1-3-7-11(8-4-1)12-9-5-2-6-10-12;1-2;/h1-10H;1H2,2H3;/q;-1;+1. The number of hydrogen-bond donors (Lipinski definition) is 0. The summed E-state index contributed by atoms with van der Waals surface area (Å²) in [6.45, 7) is 5.00. The summed E-state index contributed by atoms with van der Waals surface area (Å²) in [6.07, 6.45) is 0. The number of rotatable bonds is 1. The van der Waals surface area contributed by atoms with E-state index in [0.29, 0.717) is 0 Å². The van der Waals surface area contributed by atoms with Crippen molar-refractivity contribution in [2.45, 2.75) is 6.92 Å². The molecule has 2 aromatic rings. The van der Waals surface area contributed by atoms with Crippen LogP contribution in [0.1, 0.15) is 6.92 Å². The van der Waals surface area contributed by atoms with Crippen molar-refractivity contribution in [1.29, 1.82) is 0 Å². The molecule has 0 N–H and O–H groups in total. The average Bonchev–Trinajstić information content (AvgIpc) is 2.34. The minimum Gasteiger partial charge on any atom is -0.346 e. The van der Waals surface area contributed by atoms with Crippen molar-refractivity contribution in [2.75, 3.05) is 0 Å². The van der Waals surface area contributed by atoms with Crippen LogP contribution < -0.4 is 51.4 Å². The Hall–Kier alpha value is 0.0764. The van der Waals surface area contributed by atoms with E-state index in [1.165, 1.54) is 11.1 Å². The molecule has 72 valence electrons. The molecule has 0 atom stereocenters. The molecule has 0 radical (unpaired) electrons. The normalized spacial score (nSPS) is 8.13. The fourth-order valence-electron chi connectivity index (χ4n) is 1.26. The predicted octanol–water partition coefficient (Wildman–Crippen LogP) is 1.20. The summed E-state index contributed by atoms with van der Waals surface area (Å²) in [5, 5.41) is 0. The van der Waals surface area contributed by atoms with E-state index in [-0.39, 0.29) is 51.4 Å². The van der Waals surface area contributed by atoms with Crippen LogP contribution >= 0.6 is 0 Å². The topological polar surface area (TPSA) is 0 Å². The molecule has 0 saturated carbocycles. The van der Waals surface area contributed by atoms with Crippen LogP contribution in [-0.4, -0.2) is 0 Å². The Labute approximate surface area is 135 Å². The van der Waals surface area contributed by atoms with Gasteiger partial charge >= 0.3 is 51.4 Å². The maximum absolute atomic E-state index is 3.25. The van der Waals surface area contributed by atoms with Gasteiger partial charge in [0.05, 0.1) is 0 Å². The first-order chi connectivity index (χ1) is 6.97. The number of benzene rings is 2. The van der Waals surface area contributed by atoms with Crippen LogP contribution in [0.4, 0.5) is 0 Å². The molecule has 0 saturated heterocycles. The Kier molecular flexibility index (Phi) is 9.36. The van der Waals surface area contributed by atoms with Gasteiger partial charge in [0.1, 0.15) is 0 Å². The van der Waals surface area contributed by atoms with Crippen LogP contribution in [0.25, 0.3) is 11.1 Å². The van der Waals surface area contributed by atoms with Gasteiger partial charge in [0.2, 0.25) is 0 Å². The van der Waals surface area contributed by atoms with E-state index in [1.807, 2.05) is 12.1 Å². The molecule has 0 aliphatic rings. The smallest absolute Gasteiger partial charge is 0.346 e. The summed E-state index contributed by atoms with van der Waals surface area (Å²) in [5.74, 6) is 0. The van der Waals surface area contributed by atoms with Crippen LogP contribution in [-0.2, 0) is 0 Å². The first kappa shape index (κ1) is 15.1. The maximum atomic E-state index is 3.25. The molecule has 0 aromatic heterocycles. The van der Waals surface area contributed by atoms with Gasteiger partial charge in [0.25, 0.3) is 0 Å². The van der Waals surface area contributed by atoms with Gasteiger partial charge in [-0.15, -0.1) is 0 Å². The molecule has 0 aliphatic heterocycles. The van der Waals surface area contributed by atoms with Gasteiger partial charge in [-0.25, -0.2) is 0 Å². The predicted molar refractivity (Wildman–Crippen MR) is 62.9 cm³/mol. The van der Waals surface area contributed by atoms with Gasteiger partial charge in [-0.05, 0) is 11.1 Å². The summed E-state index contributed by atoms with van der Waals surface area (Å²) >= 11 is 0. The van der Waals surface area contributed by atoms with E-state index < -0.39 is 0 Å². The second-order valence-electron chi connectivity index (χ2n) is 2.73. The van der Waals surface area contributed by atoms with Gasteiger partial charge < -0.3 is 6.92 Å². The van der Waals surface area contributed by atoms with Crippen LogP contribution in [0.3, 0.4) is 0 Å². The molecule has 0 fully saturated rings. The van der Waals surface area contributed by atoms with E-state index >= 15 is 0 Å².